The molecule has 0 fully saturated rings. The quantitative estimate of drug-likeness (QED) is 0.835. The van der Waals surface area contributed by atoms with Crippen molar-refractivity contribution in [2.75, 3.05) is 6.54 Å². The Bertz CT molecular complexity index is 602. The van der Waals surface area contributed by atoms with Crippen LogP contribution in [0.2, 0.25) is 0 Å². The zero-order valence-electron chi connectivity index (χ0n) is 11.5. The molecule has 1 unspecified atom stereocenters. The first-order valence-corrected chi connectivity index (χ1v) is 7.45. The standard InChI is InChI=1S/C16H14F3NOS/c17-16(18,19)11-20-15(21)14(12-7-3-1-4-8-12)22-13-9-5-2-6-10-13/h1-10,14H,11H2,(H,20,21). The van der Waals surface area contributed by atoms with Crippen LogP contribution in [-0.4, -0.2) is 18.6 Å². The predicted molar refractivity (Wildman–Crippen MR) is 80.5 cm³/mol. The van der Waals surface area contributed by atoms with Gasteiger partial charge in [0, 0.05) is 4.90 Å². The van der Waals surface area contributed by atoms with Crippen molar-refractivity contribution in [3.05, 3.63) is 66.2 Å². The lowest BCUT2D eigenvalue weighted by Gasteiger charge is -2.17. The van der Waals surface area contributed by atoms with Crippen LogP contribution in [0.3, 0.4) is 0 Å². The average Bonchev–Trinajstić information content (AvgIpc) is 2.51. The van der Waals surface area contributed by atoms with E-state index >= 15 is 0 Å². The van der Waals surface area contributed by atoms with Gasteiger partial charge in [-0.2, -0.15) is 13.2 Å². The van der Waals surface area contributed by atoms with Crippen molar-refractivity contribution in [3.8, 4) is 0 Å². The van der Waals surface area contributed by atoms with E-state index in [0.717, 1.165) is 4.90 Å². The molecule has 116 valence electrons. The first-order chi connectivity index (χ1) is 10.5. The Labute approximate surface area is 130 Å². The van der Waals surface area contributed by atoms with Crippen molar-refractivity contribution in [2.45, 2.75) is 16.3 Å². The third-order valence-electron chi connectivity index (χ3n) is 2.80. The Hall–Kier alpha value is -1.95. The molecule has 0 radical (unpaired) electrons. The lowest BCUT2D eigenvalue weighted by atomic mass is 10.1. The van der Waals surface area contributed by atoms with Gasteiger partial charge in [-0.1, -0.05) is 48.5 Å². The zero-order valence-corrected chi connectivity index (χ0v) is 12.3. The van der Waals surface area contributed by atoms with Gasteiger partial charge in [0.2, 0.25) is 5.91 Å². The summed E-state index contributed by atoms with van der Waals surface area (Å²) in [5.41, 5.74) is 0.663. The van der Waals surface area contributed by atoms with Gasteiger partial charge in [0.15, 0.2) is 0 Å². The van der Waals surface area contributed by atoms with Crippen molar-refractivity contribution in [2.24, 2.45) is 0 Å². The number of amides is 1. The summed E-state index contributed by atoms with van der Waals surface area (Å²) in [5.74, 6) is -0.655. The summed E-state index contributed by atoms with van der Waals surface area (Å²) in [5, 5.41) is 1.23. The highest BCUT2D eigenvalue weighted by molar-refractivity contribution is 8.00. The lowest BCUT2D eigenvalue weighted by molar-refractivity contribution is -0.138. The molecule has 2 nitrogen and oxygen atoms in total. The number of hydrogen-bond acceptors (Lipinski definition) is 2. The summed E-state index contributed by atoms with van der Waals surface area (Å²) < 4.78 is 36.9. The van der Waals surface area contributed by atoms with Gasteiger partial charge < -0.3 is 5.32 Å². The van der Waals surface area contributed by atoms with E-state index in [2.05, 4.69) is 0 Å². The third-order valence-corrected chi connectivity index (χ3v) is 4.07. The molecule has 0 saturated heterocycles. The molecule has 2 aromatic carbocycles. The summed E-state index contributed by atoms with van der Waals surface area (Å²) in [6.07, 6.45) is -4.42. The van der Waals surface area contributed by atoms with Crippen molar-refractivity contribution in [1.29, 1.82) is 0 Å². The molecule has 6 heteroatoms. The molecule has 1 atom stereocenters. The summed E-state index contributed by atoms with van der Waals surface area (Å²) in [6.45, 7) is -1.33. The summed E-state index contributed by atoms with van der Waals surface area (Å²) >= 11 is 1.22. The van der Waals surface area contributed by atoms with Crippen molar-refractivity contribution < 1.29 is 18.0 Å². The average molecular weight is 325 g/mol. The fourth-order valence-electron chi connectivity index (χ4n) is 1.82. The zero-order chi connectivity index (χ0) is 16.0. The van der Waals surface area contributed by atoms with Gasteiger partial charge in [0.1, 0.15) is 11.8 Å². The van der Waals surface area contributed by atoms with E-state index in [1.807, 2.05) is 35.6 Å². The number of carbonyl (C=O) groups is 1. The minimum atomic E-state index is -4.42. The second-order valence-electron chi connectivity index (χ2n) is 4.55. The van der Waals surface area contributed by atoms with E-state index < -0.39 is 23.9 Å². The van der Waals surface area contributed by atoms with Crippen LogP contribution in [0.15, 0.2) is 65.6 Å². The van der Waals surface area contributed by atoms with Gasteiger partial charge in [-0.25, -0.2) is 0 Å². The monoisotopic (exact) mass is 325 g/mol. The highest BCUT2D eigenvalue weighted by atomic mass is 32.2. The Morgan fingerprint density at radius 1 is 1.00 bits per heavy atom. The largest absolute Gasteiger partial charge is 0.405 e. The SMILES string of the molecule is O=C(NCC(F)(F)F)C(Sc1ccccc1)c1ccccc1. The molecule has 0 spiro atoms. The molecule has 0 aliphatic heterocycles. The number of carbonyl (C=O) groups excluding carboxylic acids is 1. The van der Waals surface area contributed by atoms with E-state index in [1.165, 1.54) is 11.8 Å². The number of thioether (sulfide) groups is 1. The number of nitrogens with one attached hydrogen (secondary N) is 1. The topological polar surface area (TPSA) is 29.1 Å². The van der Waals surface area contributed by atoms with Crippen molar-refractivity contribution in [3.63, 3.8) is 0 Å². The predicted octanol–water partition coefficient (Wildman–Crippen LogP) is 4.20. The molecule has 0 heterocycles. The minimum absolute atomic E-state index is 0.655. The normalized spacial score (nSPS) is 12.7. The van der Waals surface area contributed by atoms with Crippen molar-refractivity contribution in [1.82, 2.24) is 5.32 Å². The maximum absolute atomic E-state index is 12.3. The van der Waals surface area contributed by atoms with Crippen molar-refractivity contribution >= 4 is 17.7 Å². The van der Waals surface area contributed by atoms with Gasteiger partial charge >= 0.3 is 6.18 Å². The van der Waals surface area contributed by atoms with Crippen LogP contribution < -0.4 is 5.32 Å². The molecule has 0 aromatic heterocycles. The number of rotatable bonds is 5. The first kappa shape index (κ1) is 16.4. The maximum Gasteiger partial charge on any atom is 0.405 e. The molecule has 0 aliphatic rings. The molecule has 0 saturated carbocycles. The van der Waals surface area contributed by atoms with Crippen LogP contribution in [0.5, 0.6) is 0 Å². The van der Waals surface area contributed by atoms with Gasteiger partial charge in [0.25, 0.3) is 0 Å². The van der Waals surface area contributed by atoms with Crippen LogP contribution in [-0.2, 0) is 4.79 Å². The summed E-state index contributed by atoms with van der Waals surface area (Å²) in [7, 11) is 0. The van der Waals surface area contributed by atoms with E-state index in [9.17, 15) is 18.0 Å². The molecule has 1 N–H and O–H groups in total. The molecule has 2 aromatic rings. The van der Waals surface area contributed by atoms with Crippen LogP contribution in [0.4, 0.5) is 13.2 Å². The van der Waals surface area contributed by atoms with Gasteiger partial charge in [-0.15, -0.1) is 11.8 Å². The van der Waals surface area contributed by atoms with E-state index in [1.54, 1.807) is 30.3 Å². The van der Waals surface area contributed by atoms with Crippen LogP contribution in [0, 0.1) is 0 Å². The van der Waals surface area contributed by atoms with Gasteiger partial charge in [-0.3, -0.25) is 4.79 Å². The number of benzene rings is 2. The number of alkyl halides is 3. The Morgan fingerprint density at radius 2 is 1.55 bits per heavy atom. The second kappa shape index (κ2) is 7.35. The number of halogens is 3. The maximum atomic E-state index is 12.3. The molecule has 0 aliphatic carbocycles. The van der Waals surface area contributed by atoms with E-state index in [4.69, 9.17) is 0 Å². The van der Waals surface area contributed by atoms with Crippen LogP contribution >= 0.6 is 11.8 Å². The molecule has 1 amide bonds. The minimum Gasteiger partial charge on any atom is -0.346 e. The summed E-state index contributed by atoms with van der Waals surface area (Å²) in [4.78, 5) is 13.0. The van der Waals surface area contributed by atoms with E-state index in [0.29, 0.717) is 5.56 Å². The highest BCUT2D eigenvalue weighted by Crippen LogP contribution is 2.35. The lowest BCUT2D eigenvalue weighted by Crippen LogP contribution is -2.36. The number of hydrogen-bond donors (Lipinski definition) is 1. The van der Waals surface area contributed by atoms with Crippen LogP contribution in [0.1, 0.15) is 10.8 Å². The highest BCUT2D eigenvalue weighted by Gasteiger charge is 2.30. The van der Waals surface area contributed by atoms with E-state index in [-0.39, 0.29) is 0 Å². The molecule has 2 rings (SSSR count). The summed E-state index contributed by atoms with van der Waals surface area (Å²) in [6, 6.07) is 17.9. The Morgan fingerprint density at radius 3 is 2.09 bits per heavy atom. The smallest absolute Gasteiger partial charge is 0.346 e. The Kier molecular flexibility index (Phi) is 5.49. The molecule has 22 heavy (non-hydrogen) atoms. The van der Waals surface area contributed by atoms with Crippen LogP contribution in [0.25, 0.3) is 0 Å². The molecular weight excluding hydrogens is 311 g/mol. The Balaban J connectivity index is 2.17. The molecule has 0 bridgehead atoms. The van der Waals surface area contributed by atoms with Gasteiger partial charge in [-0.05, 0) is 17.7 Å². The first-order valence-electron chi connectivity index (χ1n) is 6.57. The fourth-order valence-corrected chi connectivity index (χ4v) is 2.89. The second-order valence-corrected chi connectivity index (χ2v) is 5.73. The molecular formula is C16H14F3NOS. The fraction of sp³-hybridized carbons (Fsp3) is 0.188. The third kappa shape index (κ3) is 5.11. The van der Waals surface area contributed by atoms with Gasteiger partial charge in [0.05, 0.1) is 0 Å².